The molecule has 0 saturated carbocycles. The number of aromatic nitrogens is 1. The molecule has 0 aliphatic rings. The Hall–Kier alpha value is -1.48. The molecule has 2 rings (SSSR count). The van der Waals surface area contributed by atoms with Crippen LogP contribution in [0, 0.1) is 0 Å². The summed E-state index contributed by atoms with van der Waals surface area (Å²) in [5, 5.41) is 11.1. The van der Waals surface area contributed by atoms with Gasteiger partial charge in [-0.2, -0.15) is 0 Å². The molecule has 2 aromatic rings. The van der Waals surface area contributed by atoms with E-state index in [2.05, 4.69) is 9.71 Å². The summed E-state index contributed by atoms with van der Waals surface area (Å²) in [6, 6.07) is 3.46. The second-order valence-corrected chi connectivity index (χ2v) is 6.85. The number of aromatic carboxylic acids is 1. The summed E-state index contributed by atoms with van der Waals surface area (Å²) in [5.41, 5.74) is -0.148. The smallest absolute Gasteiger partial charge is 0.337 e. The molecular weight excluding hydrogens is 324 g/mol. The Bertz CT molecular complexity index is 729. The minimum Gasteiger partial charge on any atom is -0.478 e. The number of nitrogens with one attached hydrogen (secondary N) is 1. The first-order chi connectivity index (χ1) is 9.40. The van der Waals surface area contributed by atoms with Gasteiger partial charge < -0.3 is 5.11 Å². The SMILES string of the molecule is O=C(O)c1ccc(S(=O)(=O)NCc2nccs2)cc1Cl. The first-order valence-corrected chi connectivity index (χ1v) is 8.05. The molecule has 1 aromatic carbocycles. The number of nitrogens with zero attached hydrogens (tertiary/aromatic N) is 1. The highest BCUT2D eigenvalue weighted by Crippen LogP contribution is 2.21. The van der Waals surface area contributed by atoms with E-state index in [4.69, 9.17) is 16.7 Å². The first-order valence-electron chi connectivity index (χ1n) is 5.31. The highest BCUT2D eigenvalue weighted by Gasteiger charge is 2.17. The van der Waals surface area contributed by atoms with Gasteiger partial charge in [0.05, 0.1) is 22.0 Å². The Labute approximate surface area is 124 Å². The molecule has 0 aliphatic heterocycles. The van der Waals surface area contributed by atoms with Gasteiger partial charge in [0.1, 0.15) is 5.01 Å². The van der Waals surface area contributed by atoms with Gasteiger partial charge in [0, 0.05) is 11.6 Å². The fourth-order valence-electron chi connectivity index (χ4n) is 1.42. The van der Waals surface area contributed by atoms with E-state index in [9.17, 15) is 13.2 Å². The van der Waals surface area contributed by atoms with Crippen LogP contribution in [0.25, 0.3) is 0 Å². The zero-order valence-electron chi connectivity index (χ0n) is 9.91. The van der Waals surface area contributed by atoms with E-state index >= 15 is 0 Å². The van der Waals surface area contributed by atoms with E-state index < -0.39 is 16.0 Å². The molecule has 6 nitrogen and oxygen atoms in total. The number of rotatable bonds is 5. The maximum absolute atomic E-state index is 12.0. The van der Waals surface area contributed by atoms with E-state index in [1.54, 1.807) is 11.6 Å². The number of hydrogen-bond donors (Lipinski definition) is 2. The predicted octanol–water partition coefficient (Wildman–Crippen LogP) is 1.97. The molecule has 0 saturated heterocycles. The van der Waals surface area contributed by atoms with Crippen molar-refractivity contribution < 1.29 is 18.3 Å². The third-order valence-corrected chi connectivity index (χ3v) is 4.87. The van der Waals surface area contributed by atoms with Gasteiger partial charge in [-0.05, 0) is 18.2 Å². The summed E-state index contributed by atoms with van der Waals surface area (Å²) >= 11 is 7.07. The van der Waals surface area contributed by atoms with Gasteiger partial charge in [-0.1, -0.05) is 11.6 Å². The van der Waals surface area contributed by atoms with Gasteiger partial charge in [-0.3, -0.25) is 0 Å². The van der Waals surface area contributed by atoms with Crippen molar-refractivity contribution in [2.75, 3.05) is 0 Å². The first kappa shape index (κ1) is 14.9. The molecule has 0 radical (unpaired) electrons. The van der Waals surface area contributed by atoms with Crippen molar-refractivity contribution in [1.29, 1.82) is 0 Å². The minimum atomic E-state index is -3.76. The Morgan fingerprint density at radius 1 is 1.45 bits per heavy atom. The lowest BCUT2D eigenvalue weighted by molar-refractivity contribution is 0.0697. The fourth-order valence-corrected chi connectivity index (χ4v) is 3.40. The van der Waals surface area contributed by atoms with Gasteiger partial charge in [0.25, 0.3) is 0 Å². The molecule has 1 aromatic heterocycles. The molecular formula is C11H9ClN2O4S2. The topological polar surface area (TPSA) is 96.4 Å². The summed E-state index contributed by atoms with van der Waals surface area (Å²) < 4.78 is 26.4. The normalized spacial score (nSPS) is 11.4. The molecule has 0 unspecified atom stereocenters. The van der Waals surface area contributed by atoms with E-state index in [-0.39, 0.29) is 22.0 Å². The van der Waals surface area contributed by atoms with Crippen LogP contribution in [-0.2, 0) is 16.6 Å². The monoisotopic (exact) mass is 332 g/mol. The molecule has 106 valence electrons. The van der Waals surface area contributed by atoms with Crippen LogP contribution in [0.4, 0.5) is 0 Å². The van der Waals surface area contributed by atoms with Crippen molar-refractivity contribution in [3.8, 4) is 0 Å². The fraction of sp³-hybridized carbons (Fsp3) is 0.0909. The van der Waals surface area contributed by atoms with Crippen molar-refractivity contribution in [3.63, 3.8) is 0 Å². The van der Waals surface area contributed by atoms with Crippen molar-refractivity contribution in [3.05, 3.63) is 45.4 Å². The van der Waals surface area contributed by atoms with Crippen molar-refractivity contribution in [2.45, 2.75) is 11.4 Å². The molecule has 1 heterocycles. The number of halogens is 1. The summed E-state index contributed by atoms with van der Waals surface area (Å²) in [5.74, 6) is -1.21. The highest BCUT2D eigenvalue weighted by molar-refractivity contribution is 7.89. The molecule has 9 heteroatoms. The highest BCUT2D eigenvalue weighted by atomic mass is 35.5. The van der Waals surface area contributed by atoms with Gasteiger partial charge in [-0.25, -0.2) is 22.9 Å². The Morgan fingerprint density at radius 3 is 2.75 bits per heavy atom. The minimum absolute atomic E-state index is 0.0678. The lowest BCUT2D eigenvalue weighted by Crippen LogP contribution is -2.23. The average molecular weight is 333 g/mol. The third kappa shape index (κ3) is 3.34. The van der Waals surface area contributed by atoms with Gasteiger partial charge in [-0.15, -0.1) is 11.3 Å². The van der Waals surface area contributed by atoms with E-state index in [0.29, 0.717) is 5.01 Å². The largest absolute Gasteiger partial charge is 0.478 e. The van der Waals surface area contributed by atoms with Gasteiger partial charge in [0.15, 0.2) is 0 Å². The molecule has 0 amide bonds. The Balaban J connectivity index is 2.21. The number of hydrogen-bond acceptors (Lipinski definition) is 5. The maximum atomic E-state index is 12.0. The Morgan fingerprint density at radius 2 is 2.20 bits per heavy atom. The number of carboxylic acids is 1. The zero-order chi connectivity index (χ0) is 14.8. The standard InChI is InChI=1S/C11H9ClN2O4S2/c12-9-5-7(1-2-8(9)11(15)16)20(17,18)14-6-10-13-3-4-19-10/h1-5,14H,6H2,(H,15,16). The molecule has 0 atom stereocenters. The summed E-state index contributed by atoms with van der Waals surface area (Å²) in [6.07, 6.45) is 1.58. The van der Waals surface area contributed by atoms with Crippen LogP contribution >= 0.6 is 22.9 Å². The number of benzene rings is 1. The van der Waals surface area contributed by atoms with Crippen LogP contribution in [0.3, 0.4) is 0 Å². The summed E-state index contributed by atoms with van der Waals surface area (Å²) in [6.45, 7) is 0.0678. The van der Waals surface area contributed by atoms with Crippen molar-refractivity contribution in [2.24, 2.45) is 0 Å². The van der Waals surface area contributed by atoms with Crippen LogP contribution in [0.5, 0.6) is 0 Å². The average Bonchev–Trinajstić information content (AvgIpc) is 2.89. The van der Waals surface area contributed by atoms with Crippen molar-refractivity contribution in [1.82, 2.24) is 9.71 Å². The van der Waals surface area contributed by atoms with Crippen LogP contribution in [0.15, 0.2) is 34.7 Å². The number of sulfonamides is 1. The zero-order valence-corrected chi connectivity index (χ0v) is 12.3. The number of thiazole rings is 1. The molecule has 0 fully saturated rings. The number of carboxylic acid groups (broad SMARTS) is 1. The van der Waals surface area contributed by atoms with Gasteiger partial charge >= 0.3 is 5.97 Å². The molecule has 2 N–H and O–H groups in total. The molecule has 20 heavy (non-hydrogen) atoms. The van der Waals surface area contributed by atoms with Crippen LogP contribution in [0.1, 0.15) is 15.4 Å². The van der Waals surface area contributed by atoms with Crippen LogP contribution < -0.4 is 4.72 Å². The lowest BCUT2D eigenvalue weighted by Gasteiger charge is -2.07. The lowest BCUT2D eigenvalue weighted by atomic mass is 10.2. The van der Waals surface area contributed by atoms with Gasteiger partial charge in [0.2, 0.25) is 10.0 Å². The quantitative estimate of drug-likeness (QED) is 0.872. The van der Waals surface area contributed by atoms with Crippen LogP contribution in [0.2, 0.25) is 5.02 Å². The summed E-state index contributed by atoms with van der Waals surface area (Å²) in [4.78, 5) is 14.7. The predicted molar refractivity (Wildman–Crippen MR) is 74.6 cm³/mol. The summed E-state index contributed by atoms with van der Waals surface area (Å²) in [7, 11) is -3.76. The van der Waals surface area contributed by atoms with E-state index in [1.165, 1.54) is 17.4 Å². The molecule has 0 aliphatic carbocycles. The second kappa shape index (κ2) is 5.88. The van der Waals surface area contributed by atoms with E-state index in [0.717, 1.165) is 12.1 Å². The van der Waals surface area contributed by atoms with E-state index in [1.807, 2.05) is 0 Å². The number of carbonyl (C=O) groups is 1. The second-order valence-electron chi connectivity index (χ2n) is 3.70. The van der Waals surface area contributed by atoms with Crippen LogP contribution in [-0.4, -0.2) is 24.5 Å². The molecule has 0 spiro atoms. The third-order valence-electron chi connectivity index (χ3n) is 2.38. The molecule has 0 bridgehead atoms. The Kier molecular flexibility index (Phi) is 4.39. The van der Waals surface area contributed by atoms with Crippen molar-refractivity contribution >= 4 is 38.9 Å². The maximum Gasteiger partial charge on any atom is 0.337 e.